The van der Waals surface area contributed by atoms with Crippen LogP contribution in [0, 0.1) is 5.82 Å². The van der Waals surface area contributed by atoms with E-state index in [0.717, 1.165) is 12.4 Å². The standard InChI is InChI=1S/C13H12FN3O2/c1-2-19-12(18)10-5-3-4-6-11(10)17-13-15-7-9(14)8-16-13/h3-8H,2H2,1H3,(H,15,16,17). The van der Waals surface area contributed by atoms with Gasteiger partial charge in [-0.2, -0.15) is 0 Å². The molecule has 1 aromatic heterocycles. The lowest BCUT2D eigenvalue weighted by Crippen LogP contribution is -2.08. The summed E-state index contributed by atoms with van der Waals surface area (Å²) in [6.07, 6.45) is 2.09. The van der Waals surface area contributed by atoms with Gasteiger partial charge in [0, 0.05) is 0 Å². The number of carbonyl (C=O) groups excluding carboxylic acids is 1. The first-order valence-corrected chi connectivity index (χ1v) is 5.71. The Labute approximate surface area is 109 Å². The van der Waals surface area contributed by atoms with Crippen molar-refractivity contribution in [2.75, 3.05) is 11.9 Å². The number of ether oxygens (including phenoxy) is 1. The normalized spacial score (nSPS) is 10.0. The smallest absolute Gasteiger partial charge is 0.340 e. The molecule has 0 bridgehead atoms. The van der Waals surface area contributed by atoms with Crippen LogP contribution in [0.15, 0.2) is 36.7 Å². The summed E-state index contributed by atoms with van der Waals surface area (Å²) in [5, 5.41) is 2.85. The van der Waals surface area contributed by atoms with Crippen LogP contribution in [-0.2, 0) is 4.74 Å². The number of hydrogen-bond donors (Lipinski definition) is 1. The van der Waals surface area contributed by atoms with Gasteiger partial charge in [-0.05, 0) is 19.1 Å². The van der Waals surface area contributed by atoms with Gasteiger partial charge in [0.2, 0.25) is 5.95 Å². The van der Waals surface area contributed by atoms with Crippen LogP contribution in [-0.4, -0.2) is 22.5 Å². The monoisotopic (exact) mass is 261 g/mol. The Morgan fingerprint density at radius 1 is 1.32 bits per heavy atom. The van der Waals surface area contributed by atoms with Gasteiger partial charge in [-0.1, -0.05) is 12.1 Å². The number of halogens is 1. The molecule has 2 aromatic rings. The third-order valence-corrected chi connectivity index (χ3v) is 2.29. The predicted molar refractivity (Wildman–Crippen MR) is 67.7 cm³/mol. The molecule has 98 valence electrons. The van der Waals surface area contributed by atoms with E-state index in [-0.39, 0.29) is 5.95 Å². The summed E-state index contributed by atoms with van der Waals surface area (Å²) < 4.78 is 17.7. The SMILES string of the molecule is CCOC(=O)c1ccccc1Nc1ncc(F)cn1. The molecule has 0 amide bonds. The number of rotatable bonds is 4. The fraction of sp³-hybridized carbons (Fsp3) is 0.154. The molecule has 5 nitrogen and oxygen atoms in total. The first-order valence-electron chi connectivity index (χ1n) is 5.71. The molecule has 0 atom stereocenters. The van der Waals surface area contributed by atoms with Gasteiger partial charge >= 0.3 is 5.97 Å². The molecule has 0 unspecified atom stereocenters. The topological polar surface area (TPSA) is 64.1 Å². The van der Waals surface area contributed by atoms with Crippen molar-refractivity contribution in [3.8, 4) is 0 Å². The first kappa shape index (κ1) is 12.9. The van der Waals surface area contributed by atoms with Crippen molar-refractivity contribution in [3.63, 3.8) is 0 Å². The van der Waals surface area contributed by atoms with Gasteiger partial charge in [-0.25, -0.2) is 19.2 Å². The molecule has 0 saturated carbocycles. The summed E-state index contributed by atoms with van der Waals surface area (Å²) in [7, 11) is 0. The van der Waals surface area contributed by atoms with Gasteiger partial charge in [-0.3, -0.25) is 0 Å². The van der Waals surface area contributed by atoms with Crippen LogP contribution in [0.3, 0.4) is 0 Å². The highest BCUT2D eigenvalue weighted by atomic mass is 19.1. The molecular weight excluding hydrogens is 249 g/mol. The summed E-state index contributed by atoms with van der Waals surface area (Å²) in [4.78, 5) is 19.3. The minimum absolute atomic E-state index is 0.207. The fourth-order valence-electron chi connectivity index (χ4n) is 1.48. The highest BCUT2D eigenvalue weighted by Gasteiger charge is 2.12. The summed E-state index contributed by atoms with van der Waals surface area (Å²) in [6.45, 7) is 2.03. The highest BCUT2D eigenvalue weighted by Crippen LogP contribution is 2.19. The lowest BCUT2D eigenvalue weighted by atomic mass is 10.2. The maximum atomic E-state index is 12.7. The van der Waals surface area contributed by atoms with E-state index in [0.29, 0.717) is 17.9 Å². The highest BCUT2D eigenvalue weighted by molar-refractivity contribution is 5.96. The molecular formula is C13H12FN3O2. The van der Waals surface area contributed by atoms with E-state index in [1.54, 1.807) is 31.2 Å². The van der Waals surface area contributed by atoms with Crippen LogP contribution in [0.5, 0.6) is 0 Å². The zero-order valence-corrected chi connectivity index (χ0v) is 10.3. The van der Waals surface area contributed by atoms with E-state index in [1.165, 1.54) is 0 Å². The number of esters is 1. The molecule has 1 N–H and O–H groups in total. The molecule has 2 rings (SSSR count). The average molecular weight is 261 g/mol. The maximum Gasteiger partial charge on any atom is 0.340 e. The Bertz CT molecular complexity index is 572. The Morgan fingerprint density at radius 3 is 2.68 bits per heavy atom. The van der Waals surface area contributed by atoms with Crippen molar-refractivity contribution in [2.45, 2.75) is 6.92 Å². The van der Waals surface area contributed by atoms with Gasteiger partial charge in [0.1, 0.15) is 0 Å². The Balaban J connectivity index is 2.24. The number of carbonyl (C=O) groups is 1. The third-order valence-electron chi connectivity index (χ3n) is 2.29. The molecule has 0 radical (unpaired) electrons. The van der Waals surface area contributed by atoms with Crippen molar-refractivity contribution in [1.82, 2.24) is 9.97 Å². The number of anilines is 2. The van der Waals surface area contributed by atoms with E-state index in [9.17, 15) is 9.18 Å². The van der Waals surface area contributed by atoms with Gasteiger partial charge in [0.05, 0.1) is 30.3 Å². The minimum Gasteiger partial charge on any atom is -0.462 e. The fourth-order valence-corrected chi connectivity index (χ4v) is 1.48. The number of benzene rings is 1. The van der Waals surface area contributed by atoms with Gasteiger partial charge in [-0.15, -0.1) is 0 Å². The predicted octanol–water partition coefficient (Wildman–Crippen LogP) is 2.54. The minimum atomic E-state index is -0.524. The molecule has 0 fully saturated rings. The number of aromatic nitrogens is 2. The first-order chi connectivity index (χ1) is 9.20. The van der Waals surface area contributed by atoms with E-state index in [4.69, 9.17) is 4.74 Å². The third kappa shape index (κ3) is 3.25. The molecule has 0 aliphatic heterocycles. The Kier molecular flexibility index (Phi) is 4.02. The number of nitrogens with zero attached hydrogens (tertiary/aromatic N) is 2. The summed E-state index contributed by atoms with van der Waals surface area (Å²) in [5.74, 6) is -0.755. The van der Waals surface area contributed by atoms with E-state index in [1.807, 2.05) is 0 Å². The van der Waals surface area contributed by atoms with Gasteiger partial charge in [0.15, 0.2) is 5.82 Å². The second kappa shape index (κ2) is 5.90. The number of para-hydroxylation sites is 1. The summed E-state index contributed by atoms with van der Waals surface area (Å²) in [6, 6.07) is 6.81. The van der Waals surface area contributed by atoms with Crippen LogP contribution in [0.4, 0.5) is 16.0 Å². The summed E-state index contributed by atoms with van der Waals surface area (Å²) in [5.41, 5.74) is 0.879. The second-order valence-electron chi connectivity index (χ2n) is 3.62. The van der Waals surface area contributed by atoms with E-state index >= 15 is 0 Å². The Morgan fingerprint density at radius 2 is 2.00 bits per heavy atom. The molecule has 6 heteroatoms. The molecule has 19 heavy (non-hydrogen) atoms. The van der Waals surface area contributed by atoms with Gasteiger partial charge < -0.3 is 10.1 Å². The van der Waals surface area contributed by atoms with E-state index in [2.05, 4.69) is 15.3 Å². The lowest BCUT2D eigenvalue weighted by Gasteiger charge is -2.09. The average Bonchev–Trinajstić information content (AvgIpc) is 2.42. The molecule has 0 saturated heterocycles. The van der Waals surface area contributed by atoms with Crippen LogP contribution in [0.1, 0.15) is 17.3 Å². The number of hydrogen-bond acceptors (Lipinski definition) is 5. The molecule has 1 aromatic carbocycles. The van der Waals surface area contributed by atoms with Crippen molar-refractivity contribution < 1.29 is 13.9 Å². The molecule has 0 spiro atoms. The maximum absolute atomic E-state index is 12.7. The van der Waals surface area contributed by atoms with Crippen LogP contribution >= 0.6 is 0 Å². The van der Waals surface area contributed by atoms with E-state index < -0.39 is 11.8 Å². The zero-order chi connectivity index (χ0) is 13.7. The lowest BCUT2D eigenvalue weighted by molar-refractivity contribution is 0.0527. The second-order valence-corrected chi connectivity index (χ2v) is 3.62. The largest absolute Gasteiger partial charge is 0.462 e. The van der Waals surface area contributed by atoms with Crippen molar-refractivity contribution in [2.24, 2.45) is 0 Å². The quantitative estimate of drug-likeness (QED) is 0.857. The number of nitrogens with one attached hydrogen (secondary N) is 1. The molecule has 1 heterocycles. The molecule has 0 aliphatic rings. The van der Waals surface area contributed by atoms with Crippen LogP contribution in [0.25, 0.3) is 0 Å². The Hall–Kier alpha value is -2.50. The van der Waals surface area contributed by atoms with Crippen LogP contribution in [0.2, 0.25) is 0 Å². The van der Waals surface area contributed by atoms with Crippen molar-refractivity contribution >= 4 is 17.6 Å². The summed E-state index contributed by atoms with van der Waals surface area (Å²) >= 11 is 0. The van der Waals surface area contributed by atoms with Gasteiger partial charge in [0.25, 0.3) is 0 Å². The van der Waals surface area contributed by atoms with Crippen molar-refractivity contribution in [3.05, 3.63) is 48.0 Å². The van der Waals surface area contributed by atoms with Crippen LogP contribution < -0.4 is 5.32 Å². The zero-order valence-electron chi connectivity index (χ0n) is 10.3. The molecule has 0 aliphatic carbocycles. The van der Waals surface area contributed by atoms with Crippen molar-refractivity contribution in [1.29, 1.82) is 0 Å².